The topological polar surface area (TPSA) is 76.0 Å². The molecule has 32 heavy (non-hydrogen) atoms. The zero-order chi connectivity index (χ0) is 22.1. The minimum Gasteiger partial charge on any atom is -0.365 e. The third-order valence-electron chi connectivity index (χ3n) is 5.67. The predicted molar refractivity (Wildman–Crippen MR) is 127 cm³/mol. The standard InChI is InChI=1S/C24H23FN4O2S/c25-18-7-3-5-17(15-18)6-4-14-32(30,31)29-13-11-21-23(29)20-8-1-2-9-22(20)28-24(21)27-19-10-12-26-16-19/h1-9,11,13,15,19,26H,10,12,14,16H2,(H,27,28). The van der Waals surface area contributed by atoms with Crippen molar-refractivity contribution in [3.63, 3.8) is 0 Å². The number of nitrogens with zero attached hydrogens (tertiary/aromatic N) is 2. The summed E-state index contributed by atoms with van der Waals surface area (Å²) in [5, 5.41) is 8.35. The Morgan fingerprint density at radius 2 is 2.03 bits per heavy atom. The molecular weight excluding hydrogens is 427 g/mol. The highest BCUT2D eigenvalue weighted by Crippen LogP contribution is 2.32. The Balaban J connectivity index is 1.55. The highest BCUT2D eigenvalue weighted by Gasteiger charge is 2.21. The van der Waals surface area contributed by atoms with E-state index in [1.807, 2.05) is 24.3 Å². The van der Waals surface area contributed by atoms with Crippen LogP contribution in [0.2, 0.25) is 0 Å². The second kappa shape index (κ2) is 8.37. The molecule has 164 valence electrons. The number of hydrogen-bond acceptors (Lipinski definition) is 5. The fraction of sp³-hybridized carbons (Fsp3) is 0.208. The number of pyridine rings is 1. The average molecular weight is 451 g/mol. The summed E-state index contributed by atoms with van der Waals surface area (Å²) in [4.78, 5) is 4.78. The molecule has 0 aliphatic carbocycles. The van der Waals surface area contributed by atoms with Crippen molar-refractivity contribution in [2.45, 2.75) is 12.5 Å². The molecule has 0 radical (unpaired) electrons. The number of aromatic nitrogens is 2. The van der Waals surface area contributed by atoms with Gasteiger partial charge in [0.25, 0.3) is 0 Å². The summed E-state index contributed by atoms with van der Waals surface area (Å²) in [7, 11) is -3.69. The van der Waals surface area contributed by atoms with Crippen LogP contribution in [0.1, 0.15) is 12.0 Å². The molecule has 0 amide bonds. The summed E-state index contributed by atoms with van der Waals surface area (Å²) in [5.74, 6) is 0.124. The third-order valence-corrected chi connectivity index (χ3v) is 7.18. The molecule has 0 spiro atoms. The third kappa shape index (κ3) is 3.99. The highest BCUT2D eigenvalue weighted by molar-refractivity contribution is 7.90. The van der Waals surface area contributed by atoms with Crippen LogP contribution in [-0.2, 0) is 10.0 Å². The first-order chi connectivity index (χ1) is 15.5. The van der Waals surface area contributed by atoms with E-state index in [-0.39, 0.29) is 17.6 Å². The lowest BCUT2D eigenvalue weighted by molar-refractivity contribution is 0.592. The summed E-state index contributed by atoms with van der Waals surface area (Å²) < 4.78 is 41.2. The summed E-state index contributed by atoms with van der Waals surface area (Å²) in [6, 6.07) is 15.6. The first kappa shape index (κ1) is 20.7. The number of rotatable bonds is 6. The quantitative estimate of drug-likeness (QED) is 0.465. The van der Waals surface area contributed by atoms with Gasteiger partial charge in [-0.15, -0.1) is 0 Å². The van der Waals surface area contributed by atoms with Crippen molar-refractivity contribution in [2.75, 3.05) is 24.2 Å². The SMILES string of the molecule is O=S(=O)(CC=Cc1cccc(F)c1)n1ccc2c(NC3CCNC3)nc3ccccc3c21. The summed E-state index contributed by atoms with van der Waals surface area (Å²) in [5.41, 5.74) is 1.96. The van der Waals surface area contributed by atoms with Crippen LogP contribution < -0.4 is 10.6 Å². The van der Waals surface area contributed by atoms with Crippen molar-refractivity contribution in [1.82, 2.24) is 14.3 Å². The van der Waals surface area contributed by atoms with Crippen LogP contribution in [0.4, 0.5) is 10.2 Å². The predicted octanol–water partition coefficient (Wildman–Crippen LogP) is 3.99. The van der Waals surface area contributed by atoms with E-state index >= 15 is 0 Å². The smallest absolute Gasteiger partial charge is 0.242 e. The molecule has 1 fully saturated rings. The van der Waals surface area contributed by atoms with Crippen LogP contribution in [0.5, 0.6) is 0 Å². The molecule has 1 atom stereocenters. The van der Waals surface area contributed by atoms with E-state index in [4.69, 9.17) is 4.98 Å². The maximum Gasteiger partial charge on any atom is 0.242 e. The maximum absolute atomic E-state index is 13.4. The van der Waals surface area contributed by atoms with Gasteiger partial charge in [-0.1, -0.05) is 42.5 Å². The Bertz CT molecular complexity index is 1420. The lowest BCUT2D eigenvalue weighted by Crippen LogP contribution is -2.23. The molecular formula is C24H23FN4O2S. The number of benzene rings is 2. The normalized spacial score (nSPS) is 17.0. The van der Waals surface area contributed by atoms with Gasteiger partial charge in [-0.05, 0) is 42.8 Å². The lowest BCUT2D eigenvalue weighted by Gasteiger charge is -2.15. The number of hydrogen-bond donors (Lipinski definition) is 2. The minimum atomic E-state index is -3.69. The zero-order valence-corrected chi connectivity index (χ0v) is 18.1. The Hall–Kier alpha value is -3.23. The summed E-state index contributed by atoms with van der Waals surface area (Å²) in [6.45, 7) is 1.79. The first-order valence-corrected chi connectivity index (χ1v) is 12.1. The van der Waals surface area contributed by atoms with E-state index in [1.54, 1.807) is 36.5 Å². The van der Waals surface area contributed by atoms with Crippen LogP contribution in [0, 0.1) is 5.82 Å². The average Bonchev–Trinajstić information content (AvgIpc) is 3.44. The number of anilines is 1. The molecule has 2 aromatic carbocycles. The van der Waals surface area contributed by atoms with Gasteiger partial charge in [0.1, 0.15) is 11.6 Å². The number of para-hydroxylation sites is 1. The van der Waals surface area contributed by atoms with Gasteiger partial charge in [0.2, 0.25) is 10.0 Å². The molecule has 6 nitrogen and oxygen atoms in total. The van der Waals surface area contributed by atoms with Gasteiger partial charge in [-0.3, -0.25) is 0 Å². The van der Waals surface area contributed by atoms with Crippen molar-refractivity contribution in [1.29, 1.82) is 0 Å². The Labute approximate surface area is 185 Å². The van der Waals surface area contributed by atoms with Gasteiger partial charge in [0, 0.05) is 29.6 Å². The van der Waals surface area contributed by atoms with Gasteiger partial charge in [-0.2, -0.15) is 0 Å². The number of halogens is 1. The summed E-state index contributed by atoms with van der Waals surface area (Å²) >= 11 is 0. The Kier molecular flexibility index (Phi) is 5.40. The van der Waals surface area contributed by atoms with Gasteiger partial charge >= 0.3 is 0 Å². The van der Waals surface area contributed by atoms with Crippen LogP contribution in [0.25, 0.3) is 27.9 Å². The van der Waals surface area contributed by atoms with Gasteiger partial charge in [-0.25, -0.2) is 21.8 Å². The van der Waals surface area contributed by atoms with E-state index in [0.717, 1.165) is 35.8 Å². The molecule has 1 unspecified atom stereocenters. The lowest BCUT2D eigenvalue weighted by atomic mass is 10.1. The Morgan fingerprint density at radius 3 is 2.84 bits per heavy atom. The molecule has 3 heterocycles. The minimum absolute atomic E-state index is 0.209. The molecule has 4 aromatic rings. The van der Waals surface area contributed by atoms with Gasteiger partial charge in [0.15, 0.2) is 0 Å². The van der Waals surface area contributed by atoms with E-state index in [1.165, 1.54) is 16.1 Å². The van der Waals surface area contributed by atoms with Gasteiger partial charge < -0.3 is 10.6 Å². The maximum atomic E-state index is 13.4. The number of fused-ring (bicyclic) bond motifs is 3. The van der Waals surface area contributed by atoms with E-state index < -0.39 is 10.0 Å². The summed E-state index contributed by atoms with van der Waals surface area (Å²) in [6.07, 6.45) is 5.73. The molecule has 1 aliphatic rings. The van der Waals surface area contributed by atoms with Crippen molar-refractivity contribution < 1.29 is 12.8 Å². The fourth-order valence-corrected chi connectivity index (χ4v) is 5.35. The van der Waals surface area contributed by atoms with Crippen molar-refractivity contribution in [3.8, 4) is 0 Å². The molecule has 0 saturated carbocycles. The molecule has 2 N–H and O–H groups in total. The second-order valence-electron chi connectivity index (χ2n) is 7.92. The highest BCUT2D eigenvalue weighted by atomic mass is 32.2. The van der Waals surface area contributed by atoms with Crippen LogP contribution in [-0.4, -0.2) is 42.3 Å². The van der Waals surface area contributed by atoms with Crippen LogP contribution in [0.15, 0.2) is 66.9 Å². The van der Waals surface area contributed by atoms with Crippen molar-refractivity contribution >= 4 is 43.7 Å². The Morgan fingerprint density at radius 1 is 1.16 bits per heavy atom. The molecule has 5 rings (SSSR count). The number of nitrogens with one attached hydrogen (secondary N) is 2. The largest absolute Gasteiger partial charge is 0.365 e. The first-order valence-electron chi connectivity index (χ1n) is 10.5. The monoisotopic (exact) mass is 450 g/mol. The molecule has 1 aliphatic heterocycles. The molecule has 2 aromatic heterocycles. The van der Waals surface area contributed by atoms with E-state index in [0.29, 0.717) is 16.9 Å². The molecule has 8 heteroatoms. The van der Waals surface area contributed by atoms with Crippen molar-refractivity contribution in [2.24, 2.45) is 0 Å². The fourth-order valence-electron chi connectivity index (χ4n) is 4.13. The molecule has 0 bridgehead atoms. The van der Waals surface area contributed by atoms with Gasteiger partial charge in [0.05, 0.1) is 16.8 Å². The van der Waals surface area contributed by atoms with Crippen LogP contribution in [0.3, 0.4) is 0 Å². The van der Waals surface area contributed by atoms with Crippen LogP contribution >= 0.6 is 0 Å². The van der Waals surface area contributed by atoms with E-state index in [2.05, 4.69) is 10.6 Å². The van der Waals surface area contributed by atoms with Crippen molar-refractivity contribution in [3.05, 3.63) is 78.3 Å². The molecule has 1 saturated heterocycles. The second-order valence-corrected chi connectivity index (χ2v) is 9.81. The van der Waals surface area contributed by atoms with E-state index in [9.17, 15) is 12.8 Å². The zero-order valence-electron chi connectivity index (χ0n) is 17.3.